The first-order chi connectivity index (χ1) is 7.20. The van der Waals surface area contributed by atoms with Crippen LogP contribution in [0, 0.1) is 10.8 Å². The van der Waals surface area contributed by atoms with E-state index in [-0.39, 0.29) is 11.4 Å². The molecule has 0 amide bonds. The molecule has 74 valence electrons. The summed E-state index contributed by atoms with van der Waals surface area (Å²) < 4.78 is 0.659. The van der Waals surface area contributed by atoms with Crippen molar-refractivity contribution in [1.29, 1.82) is 10.8 Å². The van der Waals surface area contributed by atoms with Crippen LogP contribution in [0.25, 0.3) is 5.57 Å². The summed E-state index contributed by atoms with van der Waals surface area (Å²) in [4.78, 5) is 0. The van der Waals surface area contributed by atoms with E-state index in [9.17, 15) is 0 Å². The van der Waals surface area contributed by atoms with Gasteiger partial charge in [0, 0.05) is 10.1 Å². The van der Waals surface area contributed by atoms with Crippen molar-refractivity contribution in [3.8, 4) is 0 Å². The third kappa shape index (κ3) is 1.83. The molecule has 1 aliphatic carbocycles. The van der Waals surface area contributed by atoms with Crippen LogP contribution in [-0.2, 0) is 0 Å². The van der Waals surface area contributed by atoms with E-state index in [4.69, 9.17) is 10.8 Å². The number of rotatable bonds is 1. The van der Waals surface area contributed by atoms with Gasteiger partial charge in [-0.1, -0.05) is 36.4 Å². The van der Waals surface area contributed by atoms with Gasteiger partial charge in [-0.2, -0.15) is 0 Å². The highest BCUT2D eigenvalue weighted by Crippen LogP contribution is 2.24. The molecule has 15 heavy (non-hydrogen) atoms. The molecule has 2 nitrogen and oxygen atoms in total. The molecule has 0 saturated carbocycles. The van der Waals surface area contributed by atoms with E-state index in [1.807, 2.05) is 42.5 Å². The lowest BCUT2D eigenvalue weighted by Crippen LogP contribution is -2.16. The number of hydrogen-bond acceptors (Lipinski definition) is 2. The van der Waals surface area contributed by atoms with Gasteiger partial charge >= 0.3 is 0 Å². The second-order valence-corrected chi connectivity index (χ2v) is 4.07. The third-order valence-corrected chi connectivity index (χ3v) is 2.90. The maximum Gasteiger partial charge on any atom is 0.0937 e. The van der Waals surface area contributed by atoms with E-state index in [0.29, 0.717) is 4.48 Å². The van der Waals surface area contributed by atoms with Gasteiger partial charge in [0.1, 0.15) is 0 Å². The third-order valence-electron chi connectivity index (χ3n) is 2.24. The predicted octanol–water partition coefficient (Wildman–Crippen LogP) is 3.40. The molecule has 0 spiro atoms. The van der Waals surface area contributed by atoms with Crippen molar-refractivity contribution in [2.75, 3.05) is 0 Å². The van der Waals surface area contributed by atoms with Crippen molar-refractivity contribution in [2.24, 2.45) is 0 Å². The Morgan fingerprint density at radius 1 is 0.867 bits per heavy atom. The van der Waals surface area contributed by atoms with Crippen LogP contribution < -0.4 is 0 Å². The molecule has 1 aromatic carbocycles. The minimum absolute atomic E-state index is 0.233. The largest absolute Gasteiger partial charge is 0.298 e. The molecule has 3 heteroatoms. The van der Waals surface area contributed by atoms with Crippen molar-refractivity contribution in [1.82, 2.24) is 0 Å². The van der Waals surface area contributed by atoms with Crippen molar-refractivity contribution < 1.29 is 0 Å². The lowest BCUT2D eigenvalue weighted by atomic mass is 9.94. The topological polar surface area (TPSA) is 47.7 Å². The van der Waals surface area contributed by atoms with Crippen LogP contribution in [0.3, 0.4) is 0 Å². The molecule has 2 N–H and O–H groups in total. The van der Waals surface area contributed by atoms with Gasteiger partial charge in [-0.3, -0.25) is 10.8 Å². The Morgan fingerprint density at radius 2 is 1.53 bits per heavy atom. The quantitative estimate of drug-likeness (QED) is 0.728. The van der Waals surface area contributed by atoms with Crippen LogP contribution in [0.15, 0.2) is 47.0 Å². The summed E-state index contributed by atoms with van der Waals surface area (Å²) in [6, 6.07) is 9.69. The molecule has 0 heterocycles. The van der Waals surface area contributed by atoms with Crippen molar-refractivity contribution >= 4 is 32.9 Å². The summed E-state index contributed by atoms with van der Waals surface area (Å²) in [5, 5.41) is 15.6. The van der Waals surface area contributed by atoms with E-state index in [2.05, 4.69) is 15.9 Å². The molecule has 0 radical (unpaired) electrons. The molecule has 0 unspecified atom stereocenters. The highest BCUT2D eigenvalue weighted by Gasteiger charge is 2.17. The van der Waals surface area contributed by atoms with Gasteiger partial charge in [-0.25, -0.2) is 0 Å². The minimum atomic E-state index is 0.233. The molecule has 1 aromatic rings. The molecule has 0 fully saturated rings. The predicted molar refractivity (Wildman–Crippen MR) is 66.9 cm³/mol. The fourth-order valence-corrected chi connectivity index (χ4v) is 1.77. The van der Waals surface area contributed by atoms with E-state index >= 15 is 0 Å². The van der Waals surface area contributed by atoms with E-state index in [1.54, 1.807) is 0 Å². The fourth-order valence-electron chi connectivity index (χ4n) is 1.44. The SMILES string of the molecule is N=C1C(=N)C(c2ccccc2)=CC=C1Br. The van der Waals surface area contributed by atoms with Gasteiger partial charge in [-0.15, -0.1) is 0 Å². The smallest absolute Gasteiger partial charge is 0.0937 e. The van der Waals surface area contributed by atoms with Gasteiger partial charge in [0.2, 0.25) is 0 Å². The van der Waals surface area contributed by atoms with E-state index < -0.39 is 0 Å². The van der Waals surface area contributed by atoms with Gasteiger partial charge in [0.15, 0.2) is 0 Å². The Kier molecular flexibility index (Phi) is 2.64. The molecular weight excluding hydrogens is 252 g/mol. The Labute approximate surface area is 96.5 Å². The van der Waals surface area contributed by atoms with Crippen LogP contribution in [0.1, 0.15) is 5.56 Å². The highest BCUT2D eigenvalue weighted by molar-refractivity contribution is 9.12. The first-order valence-electron chi connectivity index (χ1n) is 4.51. The minimum Gasteiger partial charge on any atom is -0.298 e. The van der Waals surface area contributed by atoms with Crippen molar-refractivity contribution in [3.05, 3.63) is 52.5 Å². The molecule has 0 aromatic heterocycles. The van der Waals surface area contributed by atoms with E-state index in [0.717, 1.165) is 11.1 Å². The van der Waals surface area contributed by atoms with Gasteiger partial charge in [0.25, 0.3) is 0 Å². The first-order valence-corrected chi connectivity index (χ1v) is 5.30. The molecule has 0 saturated heterocycles. The number of hydrogen-bond donors (Lipinski definition) is 2. The zero-order chi connectivity index (χ0) is 10.8. The second-order valence-electron chi connectivity index (χ2n) is 3.21. The van der Waals surface area contributed by atoms with Crippen LogP contribution >= 0.6 is 15.9 Å². The number of halogens is 1. The Hall–Kier alpha value is -1.48. The maximum atomic E-state index is 7.86. The number of allylic oxidation sites excluding steroid dienone is 4. The standard InChI is InChI=1S/C12H9BrN2/c13-10-7-6-9(11(14)12(10)15)8-4-2-1-3-5-8/h1-7,14-15H. The molecule has 0 atom stereocenters. The number of nitrogens with one attached hydrogen (secondary N) is 2. The average molecular weight is 261 g/mol. The van der Waals surface area contributed by atoms with Crippen LogP contribution in [0.5, 0.6) is 0 Å². The monoisotopic (exact) mass is 260 g/mol. The maximum absolute atomic E-state index is 7.86. The first kappa shape index (κ1) is 10.1. The van der Waals surface area contributed by atoms with Crippen molar-refractivity contribution in [2.45, 2.75) is 0 Å². The Bertz CT molecular complexity index is 484. The second kappa shape index (κ2) is 3.95. The average Bonchev–Trinajstić information content (AvgIpc) is 2.27. The molecule has 0 aliphatic heterocycles. The molecule has 1 aliphatic rings. The van der Waals surface area contributed by atoms with Crippen LogP contribution in [0.4, 0.5) is 0 Å². The Balaban J connectivity index is 2.48. The zero-order valence-corrected chi connectivity index (χ0v) is 9.51. The Morgan fingerprint density at radius 3 is 2.20 bits per heavy atom. The van der Waals surface area contributed by atoms with Gasteiger partial charge in [-0.05, 0) is 27.6 Å². The summed E-state index contributed by atoms with van der Waals surface area (Å²) in [6.07, 6.45) is 3.67. The summed E-state index contributed by atoms with van der Waals surface area (Å²) in [6.45, 7) is 0. The molecule has 0 bridgehead atoms. The summed E-state index contributed by atoms with van der Waals surface area (Å²) in [5.41, 5.74) is 2.26. The molecular formula is C12H9BrN2. The van der Waals surface area contributed by atoms with E-state index in [1.165, 1.54) is 0 Å². The fraction of sp³-hybridized carbons (Fsp3) is 0. The summed E-state index contributed by atoms with van der Waals surface area (Å²) in [7, 11) is 0. The highest BCUT2D eigenvalue weighted by atomic mass is 79.9. The lowest BCUT2D eigenvalue weighted by molar-refractivity contribution is 1.48. The zero-order valence-electron chi connectivity index (χ0n) is 7.92. The van der Waals surface area contributed by atoms with Crippen LogP contribution in [0.2, 0.25) is 0 Å². The lowest BCUT2D eigenvalue weighted by Gasteiger charge is -2.13. The summed E-state index contributed by atoms with van der Waals surface area (Å²) in [5.74, 6) is 0. The summed E-state index contributed by atoms with van der Waals surface area (Å²) >= 11 is 3.25. The van der Waals surface area contributed by atoms with Gasteiger partial charge < -0.3 is 0 Å². The van der Waals surface area contributed by atoms with Crippen LogP contribution in [-0.4, -0.2) is 11.4 Å². The van der Waals surface area contributed by atoms with Gasteiger partial charge in [0.05, 0.1) is 11.4 Å². The molecule has 2 rings (SSSR count). The normalized spacial score (nSPS) is 16.1. The van der Waals surface area contributed by atoms with Crippen molar-refractivity contribution in [3.63, 3.8) is 0 Å². The number of benzene rings is 1.